The first kappa shape index (κ1) is 25.8. The highest BCUT2D eigenvalue weighted by Gasteiger charge is 2.40. The second kappa shape index (κ2) is 11.6. The van der Waals surface area contributed by atoms with Crippen molar-refractivity contribution in [2.75, 3.05) is 20.3 Å². The van der Waals surface area contributed by atoms with E-state index in [-0.39, 0.29) is 30.2 Å². The molecule has 1 aliphatic heterocycles. The van der Waals surface area contributed by atoms with Gasteiger partial charge in [0.2, 0.25) is 5.91 Å². The summed E-state index contributed by atoms with van der Waals surface area (Å²) in [4.78, 5) is 31.1. The fourth-order valence-corrected chi connectivity index (χ4v) is 3.46. The highest BCUT2D eigenvalue weighted by molar-refractivity contribution is 5.97. The van der Waals surface area contributed by atoms with Gasteiger partial charge < -0.3 is 30.6 Å². The van der Waals surface area contributed by atoms with Crippen molar-refractivity contribution in [2.45, 2.75) is 31.5 Å². The number of benzene rings is 2. The molecule has 1 saturated heterocycles. The van der Waals surface area contributed by atoms with Crippen LogP contribution in [0.4, 0.5) is 13.2 Å². The normalized spacial score (nSPS) is 16.5. The quantitative estimate of drug-likeness (QED) is 0.262. The molecule has 9 nitrogen and oxygen atoms in total. The van der Waals surface area contributed by atoms with Crippen LogP contribution in [0.3, 0.4) is 0 Å². The fourth-order valence-electron chi connectivity index (χ4n) is 3.46. The SMILES string of the molecule is CO/N=C(\N)c1ccc(CNC(=O)[C@@H]2CCN2C(=O)[C@H](O)c2cc(F)cc(OCC(F)F)c2)cc1. The molecule has 2 amide bonds. The number of rotatable bonds is 10. The van der Waals surface area contributed by atoms with E-state index in [0.717, 1.165) is 23.8 Å². The molecule has 0 aliphatic carbocycles. The molecule has 1 fully saturated rings. The van der Waals surface area contributed by atoms with Gasteiger partial charge in [-0.1, -0.05) is 29.4 Å². The number of amides is 2. The van der Waals surface area contributed by atoms with E-state index in [1.807, 2.05) is 0 Å². The monoisotopic (exact) mass is 494 g/mol. The highest BCUT2D eigenvalue weighted by atomic mass is 19.3. The number of halogens is 3. The number of carbonyl (C=O) groups excluding carboxylic acids is 2. The van der Waals surface area contributed by atoms with Gasteiger partial charge >= 0.3 is 0 Å². The van der Waals surface area contributed by atoms with Crippen molar-refractivity contribution >= 4 is 17.6 Å². The first-order valence-electron chi connectivity index (χ1n) is 10.6. The summed E-state index contributed by atoms with van der Waals surface area (Å²) >= 11 is 0. The molecule has 1 aliphatic rings. The van der Waals surface area contributed by atoms with Crippen molar-refractivity contribution in [3.63, 3.8) is 0 Å². The molecule has 12 heteroatoms. The van der Waals surface area contributed by atoms with Crippen molar-refractivity contribution in [2.24, 2.45) is 10.9 Å². The topological polar surface area (TPSA) is 126 Å². The molecule has 35 heavy (non-hydrogen) atoms. The molecule has 0 spiro atoms. The Hall–Kier alpha value is -3.80. The maximum absolute atomic E-state index is 13.9. The summed E-state index contributed by atoms with van der Waals surface area (Å²) in [6, 6.07) is 9.01. The number of ether oxygens (including phenoxy) is 1. The Kier molecular flexibility index (Phi) is 8.53. The fraction of sp³-hybridized carbons (Fsp3) is 0.348. The molecule has 0 unspecified atom stereocenters. The number of nitrogens with one attached hydrogen (secondary N) is 1. The maximum Gasteiger partial charge on any atom is 0.272 e. The number of alkyl halides is 2. The van der Waals surface area contributed by atoms with E-state index in [1.165, 1.54) is 12.0 Å². The van der Waals surface area contributed by atoms with Crippen molar-refractivity contribution < 1.29 is 37.4 Å². The number of likely N-dealkylation sites (tertiary alicyclic amines) is 1. The Bertz CT molecular complexity index is 1080. The molecule has 1 heterocycles. The number of aliphatic hydroxyl groups is 1. The zero-order valence-corrected chi connectivity index (χ0v) is 18.8. The van der Waals surface area contributed by atoms with Crippen LogP contribution in [0.1, 0.15) is 29.2 Å². The lowest BCUT2D eigenvalue weighted by Gasteiger charge is -2.40. The van der Waals surface area contributed by atoms with E-state index < -0.39 is 42.8 Å². The van der Waals surface area contributed by atoms with E-state index in [2.05, 4.69) is 15.3 Å². The van der Waals surface area contributed by atoms with E-state index in [1.54, 1.807) is 24.3 Å². The van der Waals surface area contributed by atoms with E-state index in [4.69, 9.17) is 10.5 Å². The van der Waals surface area contributed by atoms with Gasteiger partial charge in [0.1, 0.15) is 31.3 Å². The van der Waals surface area contributed by atoms with Gasteiger partial charge in [-0.05, 0) is 29.7 Å². The molecule has 2 aromatic carbocycles. The summed E-state index contributed by atoms with van der Waals surface area (Å²) in [6.45, 7) is -0.542. The molecule has 0 saturated carbocycles. The first-order chi connectivity index (χ1) is 16.7. The lowest BCUT2D eigenvalue weighted by atomic mass is 9.98. The molecule has 2 aromatic rings. The van der Waals surface area contributed by atoms with Crippen LogP contribution in [-0.4, -0.2) is 60.4 Å². The summed E-state index contributed by atoms with van der Waals surface area (Å²) in [7, 11) is 1.38. The van der Waals surface area contributed by atoms with Gasteiger partial charge in [-0.2, -0.15) is 0 Å². The van der Waals surface area contributed by atoms with Crippen LogP contribution in [0, 0.1) is 5.82 Å². The van der Waals surface area contributed by atoms with Gasteiger partial charge in [0.05, 0.1) is 0 Å². The summed E-state index contributed by atoms with van der Waals surface area (Å²) in [5.41, 5.74) is 6.99. The molecule has 0 aromatic heterocycles. The standard InChI is InChI=1S/C23H25F3N4O5/c1-34-29-21(27)14-4-2-13(3-5-14)11-28-22(32)18-6-7-30(18)23(33)20(31)15-8-16(24)10-17(9-15)35-12-19(25)26/h2-5,8-10,18-20,31H,6-7,11-12H2,1H3,(H2,27,29)(H,28,32)/t18-,20+/m0/s1. The molecule has 0 bridgehead atoms. The molecular weight excluding hydrogens is 469 g/mol. The Balaban J connectivity index is 1.58. The van der Waals surface area contributed by atoms with Gasteiger partial charge in [-0.3, -0.25) is 9.59 Å². The number of hydrogen-bond donors (Lipinski definition) is 3. The van der Waals surface area contributed by atoms with Gasteiger partial charge in [0, 0.05) is 24.7 Å². The van der Waals surface area contributed by atoms with E-state index in [0.29, 0.717) is 12.0 Å². The van der Waals surface area contributed by atoms with Crippen LogP contribution < -0.4 is 15.8 Å². The van der Waals surface area contributed by atoms with E-state index >= 15 is 0 Å². The van der Waals surface area contributed by atoms with Crippen molar-refractivity contribution in [1.29, 1.82) is 0 Å². The number of nitrogens with two attached hydrogens (primary N) is 1. The molecule has 0 radical (unpaired) electrons. The third kappa shape index (κ3) is 6.63. The predicted octanol–water partition coefficient (Wildman–Crippen LogP) is 1.69. The van der Waals surface area contributed by atoms with Gasteiger partial charge in [-0.25, -0.2) is 13.2 Å². The average molecular weight is 494 g/mol. The third-order valence-electron chi connectivity index (χ3n) is 5.33. The van der Waals surface area contributed by atoms with Crippen molar-refractivity contribution in [1.82, 2.24) is 10.2 Å². The zero-order valence-electron chi connectivity index (χ0n) is 18.8. The lowest BCUT2D eigenvalue weighted by Crippen LogP contribution is -2.59. The minimum atomic E-state index is -2.77. The Morgan fingerprint density at radius 1 is 1.26 bits per heavy atom. The molecule has 2 atom stereocenters. The zero-order chi connectivity index (χ0) is 25.5. The van der Waals surface area contributed by atoms with Crippen LogP contribution in [0.25, 0.3) is 0 Å². The summed E-state index contributed by atoms with van der Waals surface area (Å²) in [5, 5.41) is 16.8. The Labute approximate surface area is 199 Å². The van der Waals surface area contributed by atoms with Crippen LogP contribution in [0.5, 0.6) is 5.75 Å². The van der Waals surface area contributed by atoms with Crippen LogP contribution in [-0.2, 0) is 21.0 Å². The molecular formula is C23H25F3N4O5. The van der Waals surface area contributed by atoms with Crippen molar-refractivity contribution in [3.8, 4) is 5.75 Å². The third-order valence-corrected chi connectivity index (χ3v) is 5.33. The van der Waals surface area contributed by atoms with Crippen LogP contribution in [0.15, 0.2) is 47.6 Å². The van der Waals surface area contributed by atoms with Crippen molar-refractivity contribution in [3.05, 3.63) is 65.0 Å². The molecule has 188 valence electrons. The number of carbonyl (C=O) groups is 2. The lowest BCUT2D eigenvalue weighted by molar-refractivity contribution is -0.154. The minimum absolute atomic E-state index is 0.165. The van der Waals surface area contributed by atoms with Gasteiger partial charge in [-0.15, -0.1) is 0 Å². The number of oxime groups is 1. The maximum atomic E-state index is 13.9. The van der Waals surface area contributed by atoms with Crippen LogP contribution >= 0.6 is 0 Å². The van der Waals surface area contributed by atoms with Crippen LogP contribution in [0.2, 0.25) is 0 Å². The number of nitrogens with zero attached hydrogens (tertiary/aromatic N) is 2. The number of hydrogen-bond acceptors (Lipinski definition) is 6. The predicted molar refractivity (Wildman–Crippen MR) is 119 cm³/mol. The number of amidine groups is 1. The Morgan fingerprint density at radius 3 is 2.57 bits per heavy atom. The summed E-state index contributed by atoms with van der Waals surface area (Å²) in [6.07, 6.45) is -4.17. The Morgan fingerprint density at radius 2 is 1.97 bits per heavy atom. The number of aliphatic hydroxyl groups excluding tert-OH is 1. The van der Waals surface area contributed by atoms with Gasteiger partial charge in [0.15, 0.2) is 11.9 Å². The summed E-state index contributed by atoms with van der Waals surface area (Å²) < 4.78 is 43.3. The molecule has 3 rings (SSSR count). The van der Waals surface area contributed by atoms with Gasteiger partial charge in [0.25, 0.3) is 12.3 Å². The minimum Gasteiger partial charge on any atom is -0.488 e. The van der Waals surface area contributed by atoms with E-state index in [9.17, 15) is 27.9 Å². The first-order valence-corrected chi connectivity index (χ1v) is 10.6. The molecule has 4 N–H and O–H groups in total. The second-order valence-corrected chi connectivity index (χ2v) is 7.73. The average Bonchev–Trinajstić information content (AvgIpc) is 2.80. The second-order valence-electron chi connectivity index (χ2n) is 7.73. The smallest absolute Gasteiger partial charge is 0.272 e. The largest absolute Gasteiger partial charge is 0.488 e. The highest BCUT2D eigenvalue weighted by Crippen LogP contribution is 2.27. The summed E-state index contributed by atoms with van der Waals surface area (Å²) in [5.74, 6) is -2.12.